The minimum Gasteiger partial charge on any atom is -0.481 e. The highest BCUT2D eigenvalue weighted by Crippen LogP contribution is 2.43. The van der Waals surface area contributed by atoms with Gasteiger partial charge >= 0.3 is 5.97 Å². The molecule has 1 aromatic carbocycles. The molecule has 1 heterocycles. The first-order valence-corrected chi connectivity index (χ1v) is 11.3. The van der Waals surface area contributed by atoms with E-state index in [-0.39, 0.29) is 5.41 Å². The average Bonchev–Trinajstić information content (AvgIpc) is 3.37. The fraction of sp³-hybridized carbons (Fsp3) is 0.708. The van der Waals surface area contributed by atoms with Gasteiger partial charge < -0.3 is 20.1 Å². The average molecular weight is 401 g/mol. The van der Waals surface area contributed by atoms with Gasteiger partial charge in [0.25, 0.3) is 0 Å². The molecule has 3 aliphatic rings. The van der Waals surface area contributed by atoms with E-state index in [1.807, 2.05) is 0 Å². The number of nitrogens with one attached hydrogen (secondary N) is 1. The van der Waals surface area contributed by atoms with E-state index in [0.29, 0.717) is 12.0 Å². The molecule has 1 aliphatic heterocycles. The fourth-order valence-corrected chi connectivity index (χ4v) is 5.62. The van der Waals surface area contributed by atoms with Crippen LogP contribution in [0.25, 0.3) is 0 Å². The van der Waals surface area contributed by atoms with Gasteiger partial charge in [-0.3, -0.25) is 4.79 Å². The zero-order valence-corrected chi connectivity index (χ0v) is 17.7. The molecule has 1 saturated heterocycles. The number of likely N-dealkylation sites (tertiary alicyclic amines) is 1. The minimum atomic E-state index is -0.592. The predicted molar refractivity (Wildman–Crippen MR) is 114 cm³/mol. The molecule has 2 unspecified atom stereocenters. The van der Waals surface area contributed by atoms with Crippen molar-refractivity contribution < 1.29 is 14.6 Å². The summed E-state index contributed by atoms with van der Waals surface area (Å²) in [4.78, 5) is 14.3. The molecule has 1 aromatic rings. The lowest BCUT2D eigenvalue weighted by atomic mass is 9.77. The van der Waals surface area contributed by atoms with Gasteiger partial charge in [-0.1, -0.05) is 43.2 Å². The lowest BCUT2D eigenvalue weighted by molar-refractivity contribution is -0.150. The van der Waals surface area contributed by atoms with Crippen molar-refractivity contribution in [1.82, 2.24) is 10.2 Å². The van der Waals surface area contributed by atoms with Crippen molar-refractivity contribution in [3.05, 3.63) is 35.9 Å². The van der Waals surface area contributed by atoms with Crippen LogP contribution in [-0.4, -0.2) is 61.9 Å². The molecular weight excluding hydrogens is 364 g/mol. The van der Waals surface area contributed by atoms with E-state index in [9.17, 15) is 9.90 Å². The summed E-state index contributed by atoms with van der Waals surface area (Å²) >= 11 is 0. The quantitative estimate of drug-likeness (QED) is 0.664. The highest BCUT2D eigenvalue weighted by Gasteiger charge is 2.45. The summed E-state index contributed by atoms with van der Waals surface area (Å²) in [7, 11) is 1.80. The van der Waals surface area contributed by atoms with Crippen molar-refractivity contribution in [2.45, 2.75) is 56.9 Å². The third-order valence-corrected chi connectivity index (χ3v) is 7.67. The van der Waals surface area contributed by atoms with E-state index in [4.69, 9.17) is 4.74 Å². The van der Waals surface area contributed by atoms with Crippen LogP contribution in [0.3, 0.4) is 0 Å². The number of benzene rings is 1. The number of ether oxygens (including phenoxy) is 1. The Kier molecular flexibility index (Phi) is 6.28. The second-order valence-corrected chi connectivity index (χ2v) is 9.74. The molecule has 4 rings (SSSR count). The van der Waals surface area contributed by atoms with Gasteiger partial charge in [0.2, 0.25) is 0 Å². The highest BCUT2D eigenvalue weighted by molar-refractivity contribution is 5.75. The number of nitrogens with zero attached hydrogens (tertiary/aromatic N) is 1. The second-order valence-electron chi connectivity index (χ2n) is 9.74. The molecule has 29 heavy (non-hydrogen) atoms. The minimum absolute atomic E-state index is 0.168. The second kappa shape index (κ2) is 8.75. The molecule has 5 nitrogen and oxygen atoms in total. The molecule has 5 heteroatoms. The Hall–Kier alpha value is -1.43. The zero-order valence-electron chi connectivity index (χ0n) is 17.7. The van der Waals surface area contributed by atoms with Crippen molar-refractivity contribution in [2.75, 3.05) is 39.9 Å². The number of carboxylic acids is 1. The van der Waals surface area contributed by atoms with Crippen molar-refractivity contribution in [2.24, 2.45) is 10.8 Å². The van der Waals surface area contributed by atoms with E-state index < -0.39 is 11.4 Å². The van der Waals surface area contributed by atoms with Gasteiger partial charge in [0.1, 0.15) is 0 Å². The number of rotatable bonds is 9. The van der Waals surface area contributed by atoms with E-state index in [2.05, 4.69) is 40.5 Å². The lowest BCUT2D eigenvalue weighted by Crippen LogP contribution is -2.51. The molecular formula is C24H36N2O3. The van der Waals surface area contributed by atoms with Crippen LogP contribution < -0.4 is 5.32 Å². The van der Waals surface area contributed by atoms with Crippen LogP contribution in [0.5, 0.6) is 0 Å². The highest BCUT2D eigenvalue weighted by atomic mass is 16.5. The molecule has 160 valence electrons. The first kappa shape index (κ1) is 20.8. The standard InChI is InChI=1S/C24H36N2O3/c1-29-18-23(16-25-21-15-20(21)19-7-3-2-4-8-19)11-13-26(14-12-23)17-24(22(27)28)9-5-6-10-24/h2-4,7-8,20-21,25H,5-6,9-18H2,1H3,(H,27,28). The largest absolute Gasteiger partial charge is 0.481 e. The van der Waals surface area contributed by atoms with Gasteiger partial charge in [-0.15, -0.1) is 0 Å². The Morgan fingerprint density at radius 2 is 1.86 bits per heavy atom. The number of aliphatic carboxylic acids is 1. The van der Waals surface area contributed by atoms with Crippen molar-refractivity contribution in [3.63, 3.8) is 0 Å². The Labute approximate surface area is 174 Å². The number of carboxylic acid groups (broad SMARTS) is 1. The van der Waals surface area contributed by atoms with Gasteiger partial charge in [-0.2, -0.15) is 0 Å². The Balaban J connectivity index is 1.29. The van der Waals surface area contributed by atoms with Crippen LogP contribution in [0.2, 0.25) is 0 Å². The van der Waals surface area contributed by atoms with Crippen molar-refractivity contribution in [1.29, 1.82) is 0 Å². The number of hydrogen-bond acceptors (Lipinski definition) is 4. The Morgan fingerprint density at radius 1 is 1.17 bits per heavy atom. The van der Waals surface area contributed by atoms with Gasteiger partial charge in [0.15, 0.2) is 0 Å². The maximum Gasteiger partial charge on any atom is 0.310 e. The smallest absolute Gasteiger partial charge is 0.310 e. The number of carbonyl (C=O) groups is 1. The SMILES string of the molecule is COCC1(CNC2CC2c2ccccc2)CCN(CC2(C(=O)O)CCCC2)CC1. The molecule has 3 fully saturated rings. The topological polar surface area (TPSA) is 61.8 Å². The molecule has 2 aliphatic carbocycles. The maximum absolute atomic E-state index is 11.9. The van der Waals surface area contributed by atoms with Crippen LogP contribution in [0.1, 0.15) is 56.4 Å². The molecule has 0 bridgehead atoms. The first-order chi connectivity index (χ1) is 14.1. The van der Waals surface area contributed by atoms with Crippen molar-refractivity contribution in [3.8, 4) is 0 Å². The molecule has 2 atom stereocenters. The summed E-state index contributed by atoms with van der Waals surface area (Å²) < 4.78 is 5.62. The van der Waals surface area contributed by atoms with E-state index in [0.717, 1.165) is 71.3 Å². The van der Waals surface area contributed by atoms with Crippen LogP contribution in [0, 0.1) is 10.8 Å². The fourth-order valence-electron chi connectivity index (χ4n) is 5.62. The van der Waals surface area contributed by atoms with Gasteiger partial charge in [-0.25, -0.2) is 0 Å². The predicted octanol–water partition coefficient (Wildman–Crippen LogP) is 3.51. The Bertz CT molecular complexity index is 679. The molecule has 2 saturated carbocycles. The van der Waals surface area contributed by atoms with Crippen molar-refractivity contribution >= 4 is 5.97 Å². The van der Waals surface area contributed by atoms with Crippen LogP contribution >= 0.6 is 0 Å². The van der Waals surface area contributed by atoms with Crippen LogP contribution in [0.15, 0.2) is 30.3 Å². The van der Waals surface area contributed by atoms with E-state index in [1.165, 1.54) is 12.0 Å². The molecule has 0 amide bonds. The molecule has 0 aromatic heterocycles. The summed E-state index contributed by atoms with van der Waals surface area (Å²) in [5.41, 5.74) is 1.11. The number of hydrogen-bond donors (Lipinski definition) is 2. The lowest BCUT2D eigenvalue weighted by Gasteiger charge is -2.43. The number of methoxy groups -OCH3 is 1. The maximum atomic E-state index is 11.9. The zero-order chi connectivity index (χ0) is 20.3. The summed E-state index contributed by atoms with van der Waals surface area (Å²) in [6.07, 6.45) is 7.17. The van der Waals surface area contributed by atoms with E-state index >= 15 is 0 Å². The third kappa shape index (κ3) is 4.68. The van der Waals surface area contributed by atoms with E-state index in [1.54, 1.807) is 7.11 Å². The monoisotopic (exact) mass is 400 g/mol. The summed E-state index contributed by atoms with van der Waals surface area (Å²) in [6, 6.07) is 11.4. The molecule has 2 N–H and O–H groups in total. The van der Waals surface area contributed by atoms with Crippen LogP contribution in [-0.2, 0) is 9.53 Å². The molecule has 0 spiro atoms. The Morgan fingerprint density at radius 3 is 2.48 bits per heavy atom. The summed E-state index contributed by atoms with van der Waals surface area (Å²) in [6.45, 7) is 4.45. The number of piperidine rings is 1. The third-order valence-electron chi connectivity index (χ3n) is 7.67. The van der Waals surface area contributed by atoms with Gasteiger partial charge in [0, 0.05) is 37.6 Å². The normalized spacial score (nSPS) is 28.3. The molecule has 0 radical (unpaired) electrons. The van der Waals surface area contributed by atoms with Gasteiger partial charge in [0.05, 0.1) is 12.0 Å². The first-order valence-electron chi connectivity index (χ1n) is 11.3. The summed E-state index contributed by atoms with van der Waals surface area (Å²) in [5, 5.41) is 13.6. The van der Waals surface area contributed by atoms with Gasteiger partial charge in [-0.05, 0) is 50.8 Å². The van der Waals surface area contributed by atoms with Crippen LogP contribution in [0.4, 0.5) is 0 Å². The summed E-state index contributed by atoms with van der Waals surface area (Å²) in [5.74, 6) is 0.0553.